The van der Waals surface area contributed by atoms with Gasteiger partial charge >= 0.3 is 6.03 Å². The number of nitrogens with two attached hydrogens (primary N) is 1. The highest BCUT2D eigenvalue weighted by atomic mass is 16.2. The number of imide groups is 1. The molecule has 2 aliphatic rings. The van der Waals surface area contributed by atoms with Crippen molar-refractivity contribution in [3.05, 3.63) is 35.9 Å². The second-order valence-electron chi connectivity index (χ2n) is 7.41. The molecule has 0 radical (unpaired) electrons. The van der Waals surface area contributed by atoms with Gasteiger partial charge in [-0.05, 0) is 36.8 Å². The number of nitrogens with zero attached hydrogens (tertiary/aromatic N) is 1. The normalized spacial score (nSPS) is 30.2. The molecule has 1 aliphatic carbocycles. The minimum atomic E-state index is -0.663. The van der Waals surface area contributed by atoms with Crippen molar-refractivity contribution in [2.24, 2.45) is 17.6 Å². The number of urea groups is 1. The lowest BCUT2D eigenvalue weighted by Crippen LogP contribution is -2.69. The fourth-order valence-corrected chi connectivity index (χ4v) is 3.72. The summed E-state index contributed by atoms with van der Waals surface area (Å²) in [5.74, 6) is 1.05. The zero-order valence-electron chi connectivity index (χ0n) is 14.8. The molecule has 3 rings (SSSR count). The van der Waals surface area contributed by atoms with E-state index in [0.717, 1.165) is 18.0 Å². The molecule has 0 spiro atoms. The molecule has 1 saturated heterocycles. The van der Waals surface area contributed by atoms with Crippen molar-refractivity contribution in [2.45, 2.75) is 51.4 Å². The average molecular weight is 344 g/mol. The Hall–Kier alpha value is -1.92. The smallest absolute Gasteiger partial charge is 0.309 e. The van der Waals surface area contributed by atoms with Gasteiger partial charge in [0.25, 0.3) is 0 Å². The van der Waals surface area contributed by atoms with Crippen LogP contribution in [0, 0.1) is 11.8 Å². The van der Waals surface area contributed by atoms with E-state index < -0.39 is 18.2 Å². The summed E-state index contributed by atoms with van der Waals surface area (Å²) in [7, 11) is 0. The minimum absolute atomic E-state index is 0.328. The standard InChI is InChI=1S/C19H28N4O2/c1-13-7-9-14(10-8-13)11-21-16-17(20)23(19(25)22-18(16)24)12-15-5-3-2-4-6-15/h2-6,13-14,16-17,21H,7-12,20H2,1H3,(H,22,24,25)/t13-,14-,16?,17?. The van der Waals surface area contributed by atoms with Gasteiger partial charge in [0.05, 0.1) is 0 Å². The number of hydrogen-bond acceptors (Lipinski definition) is 4. The van der Waals surface area contributed by atoms with E-state index in [4.69, 9.17) is 5.73 Å². The predicted octanol–water partition coefficient (Wildman–Crippen LogP) is 1.81. The van der Waals surface area contributed by atoms with Crippen LogP contribution in [0.1, 0.15) is 38.2 Å². The third-order valence-electron chi connectivity index (χ3n) is 5.43. The molecule has 0 aromatic heterocycles. The number of rotatable bonds is 5. The van der Waals surface area contributed by atoms with Crippen LogP contribution in [0.3, 0.4) is 0 Å². The molecule has 136 valence electrons. The van der Waals surface area contributed by atoms with Crippen molar-refractivity contribution in [1.29, 1.82) is 0 Å². The molecule has 3 amide bonds. The van der Waals surface area contributed by atoms with E-state index in [2.05, 4.69) is 17.6 Å². The van der Waals surface area contributed by atoms with Crippen LogP contribution < -0.4 is 16.4 Å². The maximum absolute atomic E-state index is 12.2. The number of carbonyl (C=O) groups is 2. The molecule has 0 bridgehead atoms. The third-order valence-corrected chi connectivity index (χ3v) is 5.43. The summed E-state index contributed by atoms with van der Waals surface area (Å²) < 4.78 is 0. The van der Waals surface area contributed by atoms with Crippen molar-refractivity contribution in [3.63, 3.8) is 0 Å². The first kappa shape index (κ1) is 17.9. The Balaban J connectivity index is 1.60. The Bertz CT molecular complexity index is 599. The molecule has 1 saturated carbocycles. The first-order valence-corrected chi connectivity index (χ1v) is 9.19. The minimum Gasteiger partial charge on any atom is -0.309 e. The van der Waals surface area contributed by atoms with Gasteiger partial charge in [0.1, 0.15) is 12.2 Å². The maximum Gasteiger partial charge on any atom is 0.325 e. The lowest BCUT2D eigenvalue weighted by atomic mass is 9.83. The average Bonchev–Trinajstić information content (AvgIpc) is 2.61. The molecule has 1 heterocycles. The highest BCUT2D eigenvalue weighted by molar-refractivity contribution is 6.00. The van der Waals surface area contributed by atoms with E-state index >= 15 is 0 Å². The van der Waals surface area contributed by atoms with Gasteiger partial charge in [-0.1, -0.05) is 50.1 Å². The molecule has 6 nitrogen and oxygen atoms in total. The quantitative estimate of drug-likeness (QED) is 0.760. The van der Waals surface area contributed by atoms with Crippen LogP contribution in [0.15, 0.2) is 30.3 Å². The molecule has 1 aromatic carbocycles. The molecule has 1 aromatic rings. The molecule has 6 heteroatoms. The third kappa shape index (κ3) is 4.38. The van der Waals surface area contributed by atoms with Gasteiger partial charge in [-0.3, -0.25) is 10.1 Å². The van der Waals surface area contributed by atoms with Gasteiger partial charge < -0.3 is 16.0 Å². The second kappa shape index (κ2) is 7.97. The van der Waals surface area contributed by atoms with Crippen molar-refractivity contribution < 1.29 is 9.59 Å². The van der Waals surface area contributed by atoms with Gasteiger partial charge in [0, 0.05) is 6.54 Å². The van der Waals surface area contributed by atoms with Gasteiger partial charge in [-0.15, -0.1) is 0 Å². The highest BCUT2D eigenvalue weighted by Crippen LogP contribution is 2.28. The Morgan fingerprint density at radius 1 is 1.16 bits per heavy atom. The molecule has 1 aliphatic heterocycles. The molecule has 2 fully saturated rings. The summed E-state index contributed by atoms with van der Waals surface area (Å²) in [6.45, 7) is 3.45. The number of carbonyl (C=O) groups excluding carboxylic acids is 2. The Labute approximate surface area is 149 Å². The molecular weight excluding hydrogens is 316 g/mol. The van der Waals surface area contributed by atoms with E-state index in [0.29, 0.717) is 12.5 Å². The van der Waals surface area contributed by atoms with Crippen LogP contribution in [-0.2, 0) is 11.3 Å². The lowest BCUT2D eigenvalue weighted by Gasteiger charge is -2.39. The van der Waals surface area contributed by atoms with Crippen LogP contribution in [0.25, 0.3) is 0 Å². The van der Waals surface area contributed by atoms with E-state index in [9.17, 15) is 9.59 Å². The molecule has 2 unspecified atom stereocenters. The van der Waals surface area contributed by atoms with Crippen molar-refractivity contribution in [1.82, 2.24) is 15.5 Å². The summed E-state index contributed by atoms with van der Waals surface area (Å²) in [5, 5.41) is 5.74. The fraction of sp³-hybridized carbons (Fsp3) is 0.579. The monoisotopic (exact) mass is 344 g/mol. The van der Waals surface area contributed by atoms with Crippen molar-refractivity contribution >= 4 is 11.9 Å². The molecular formula is C19H28N4O2. The maximum atomic E-state index is 12.2. The first-order chi connectivity index (χ1) is 12.0. The number of nitrogens with one attached hydrogen (secondary N) is 2. The highest BCUT2D eigenvalue weighted by Gasteiger charge is 2.39. The molecule has 25 heavy (non-hydrogen) atoms. The van der Waals surface area contributed by atoms with Crippen molar-refractivity contribution in [2.75, 3.05) is 6.54 Å². The largest absolute Gasteiger partial charge is 0.325 e. The fourth-order valence-electron chi connectivity index (χ4n) is 3.72. The van der Waals surface area contributed by atoms with Gasteiger partial charge in [0.15, 0.2) is 0 Å². The van der Waals surface area contributed by atoms with Gasteiger partial charge in [0.2, 0.25) is 5.91 Å². The van der Waals surface area contributed by atoms with Crippen LogP contribution >= 0.6 is 0 Å². The van der Waals surface area contributed by atoms with E-state index in [1.165, 1.54) is 30.6 Å². The summed E-state index contributed by atoms with van der Waals surface area (Å²) in [4.78, 5) is 26.0. The Kier molecular flexibility index (Phi) is 5.71. The van der Waals surface area contributed by atoms with Crippen LogP contribution in [0.4, 0.5) is 4.79 Å². The van der Waals surface area contributed by atoms with Gasteiger partial charge in [-0.2, -0.15) is 0 Å². The zero-order chi connectivity index (χ0) is 17.8. The number of hydrogen-bond donors (Lipinski definition) is 3. The predicted molar refractivity (Wildman–Crippen MR) is 96.4 cm³/mol. The second-order valence-corrected chi connectivity index (χ2v) is 7.41. The topological polar surface area (TPSA) is 87.5 Å². The Morgan fingerprint density at radius 3 is 2.52 bits per heavy atom. The Morgan fingerprint density at radius 2 is 1.84 bits per heavy atom. The SMILES string of the molecule is C[C@H]1CC[C@H](CNC2C(=O)NC(=O)N(Cc3ccccc3)C2N)CC1. The van der Waals surface area contributed by atoms with E-state index in [1.807, 2.05) is 30.3 Å². The van der Waals surface area contributed by atoms with Gasteiger partial charge in [-0.25, -0.2) is 4.79 Å². The summed E-state index contributed by atoms with van der Waals surface area (Å²) in [6, 6.07) is 8.68. The van der Waals surface area contributed by atoms with Crippen LogP contribution in [0.2, 0.25) is 0 Å². The summed E-state index contributed by atoms with van der Waals surface area (Å²) >= 11 is 0. The van der Waals surface area contributed by atoms with Crippen LogP contribution in [0.5, 0.6) is 0 Å². The first-order valence-electron chi connectivity index (χ1n) is 9.19. The molecule has 2 atom stereocenters. The zero-order valence-corrected chi connectivity index (χ0v) is 14.8. The number of amides is 3. The number of benzene rings is 1. The lowest BCUT2D eigenvalue weighted by molar-refractivity contribution is -0.125. The summed E-state index contributed by atoms with van der Waals surface area (Å²) in [6.07, 6.45) is 4.19. The van der Waals surface area contributed by atoms with Crippen LogP contribution in [-0.4, -0.2) is 35.6 Å². The summed E-state index contributed by atoms with van der Waals surface area (Å²) in [5.41, 5.74) is 7.26. The van der Waals surface area contributed by atoms with E-state index in [1.54, 1.807) is 0 Å². The molecule has 4 N–H and O–H groups in total. The van der Waals surface area contributed by atoms with Crippen molar-refractivity contribution in [3.8, 4) is 0 Å². The van der Waals surface area contributed by atoms with E-state index in [-0.39, 0.29) is 5.91 Å².